The standard InChI is InChI=1S/C12H24N2/c1-3-14(9-11-5-6-11)10-12(2)7-4-8-13-12/h11,13H,3-10H2,1-2H3. The number of likely N-dealkylation sites (N-methyl/N-ethyl adjacent to an activating group) is 1. The Morgan fingerprint density at radius 3 is 2.71 bits per heavy atom. The maximum absolute atomic E-state index is 3.65. The topological polar surface area (TPSA) is 15.3 Å². The van der Waals surface area contributed by atoms with Crippen LogP contribution in [0.4, 0.5) is 0 Å². The third-order valence-electron chi connectivity index (χ3n) is 3.69. The molecular weight excluding hydrogens is 172 g/mol. The van der Waals surface area contributed by atoms with Crippen molar-refractivity contribution in [3.63, 3.8) is 0 Å². The molecule has 1 aliphatic heterocycles. The Balaban J connectivity index is 1.79. The van der Waals surface area contributed by atoms with E-state index in [1.807, 2.05) is 0 Å². The number of hydrogen-bond acceptors (Lipinski definition) is 2. The number of hydrogen-bond donors (Lipinski definition) is 1. The lowest BCUT2D eigenvalue weighted by molar-refractivity contribution is 0.205. The zero-order valence-electron chi connectivity index (χ0n) is 9.68. The Bertz CT molecular complexity index is 181. The van der Waals surface area contributed by atoms with E-state index in [9.17, 15) is 0 Å². The first-order chi connectivity index (χ1) is 6.72. The highest BCUT2D eigenvalue weighted by atomic mass is 15.2. The molecule has 0 aromatic carbocycles. The van der Waals surface area contributed by atoms with Gasteiger partial charge in [0.2, 0.25) is 0 Å². The minimum Gasteiger partial charge on any atom is -0.310 e. The van der Waals surface area contributed by atoms with Crippen molar-refractivity contribution in [2.75, 3.05) is 26.2 Å². The van der Waals surface area contributed by atoms with Gasteiger partial charge in [0, 0.05) is 18.6 Å². The van der Waals surface area contributed by atoms with Crippen LogP contribution in [-0.2, 0) is 0 Å². The van der Waals surface area contributed by atoms with E-state index >= 15 is 0 Å². The molecule has 82 valence electrons. The molecule has 1 atom stereocenters. The molecule has 2 heteroatoms. The molecular formula is C12H24N2. The summed E-state index contributed by atoms with van der Waals surface area (Å²) in [6.07, 6.45) is 5.66. The van der Waals surface area contributed by atoms with Gasteiger partial charge in [0.15, 0.2) is 0 Å². The van der Waals surface area contributed by atoms with Crippen molar-refractivity contribution in [1.29, 1.82) is 0 Å². The number of rotatable bonds is 5. The van der Waals surface area contributed by atoms with Crippen molar-refractivity contribution >= 4 is 0 Å². The van der Waals surface area contributed by atoms with E-state index in [1.165, 1.54) is 51.9 Å². The van der Waals surface area contributed by atoms with E-state index in [2.05, 4.69) is 24.1 Å². The van der Waals surface area contributed by atoms with Gasteiger partial charge in [-0.15, -0.1) is 0 Å². The Morgan fingerprint density at radius 2 is 2.21 bits per heavy atom. The van der Waals surface area contributed by atoms with Gasteiger partial charge >= 0.3 is 0 Å². The van der Waals surface area contributed by atoms with E-state index in [-0.39, 0.29) is 0 Å². The number of nitrogens with one attached hydrogen (secondary N) is 1. The molecule has 2 rings (SSSR count). The highest BCUT2D eigenvalue weighted by molar-refractivity contribution is 4.92. The van der Waals surface area contributed by atoms with Crippen molar-refractivity contribution < 1.29 is 0 Å². The van der Waals surface area contributed by atoms with Crippen LogP contribution in [0.5, 0.6) is 0 Å². The van der Waals surface area contributed by atoms with E-state index < -0.39 is 0 Å². The summed E-state index contributed by atoms with van der Waals surface area (Å²) in [4.78, 5) is 2.63. The Hall–Kier alpha value is -0.0800. The Kier molecular flexibility index (Phi) is 3.13. The summed E-state index contributed by atoms with van der Waals surface area (Å²) in [5.41, 5.74) is 0.408. The predicted molar refractivity (Wildman–Crippen MR) is 60.5 cm³/mol. The Morgan fingerprint density at radius 1 is 1.43 bits per heavy atom. The third-order valence-corrected chi connectivity index (χ3v) is 3.69. The van der Waals surface area contributed by atoms with E-state index in [0.29, 0.717) is 5.54 Å². The Labute approximate surface area is 88.1 Å². The lowest BCUT2D eigenvalue weighted by Crippen LogP contribution is -2.48. The van der Waals surface area contributed by atoms with Crippen LogP contribution in [0, 0.1) is 5.92 Å². The molecule has 0 radical (unpaired) electrons. The van der Waals surface area contributed by atoms with Crippen LogP contribution < -0.4 is 5.32 Å². The molecule has 0 aromatic rings. The second-order valence-corrected chi connectivity index (χ2v) is 5.36. The first-order valence-corrected chi connectivity index (χ1v) is 6.19. The monoisotopic (exact) mass is 196 g/mol. The van der Waals surface area contributed by atoms with Crippen molar-refractivity contribution in [2.45, 2.75) is 45.1 Å². The summed E-state index contributed by atoms with van der Waals surface area (Å²) in [6, 6.07) is 0. The molecule has 1 saturated carbocycles. The number of nitrogens with zero attached hydrogens (tertiary/aromatic N) is 1. The predicted octanol–water partition coefficient (Wildman–Crippen LogP) is 1.86. The first-order valence-electron chi connectivity index (χ1n) is 6.19. The van der Waals surface area contributed by atoms with Crippen molar-refractivity contribution in [2.24, 2.45) is 5.92 Å². The largest absolute Gasteiger partial charge is 0.310 e. The van der Waals surface area contributed by atoms with Gasteiger partial charge in [-0.1, -0.05) is 6.92 Å². The van der Waals surface area contributed by atoms with Crippen LogP contribution in [0.1, 0.15) is 39.5 Å². The van der Waals surface area contributed by atoms with Gasteiger partial charge in [-0.25, -0.2) is 0 Å². The van der Waals surface area contributed by atoms with Gasteiger partial charge in [-0.05, 0) is 51.6 Å². The van der Waals surface area contributed by atoms with Crippen LogP contribution in [0.3, 0.4) is 0 Å². The quantitative estimate of drug-likeness (QED) is 0.722. The molecule has 1 unspecified atom stereocenters. The second-order valence-electron chi connectivity index (χ2n) is 5.36. The lowest BCUT2D eigenvalue weighted by Gasteiger charge is -2.32. The molecule has 0 amide bonds. The molecule has 1 N–H and O–H groups in total. The van der Waals surface area contributed by atoms with Crippen molar-refractivity contribution in [3.8, 4) is 0 Å². The van der Waals surface area contributed by atoms with Crippen molar-refractivity contribution in [1.82, 2.24) is 10.2 Å². The summed E-state index contributed by atoms with van der Waals surface area (Å²) in [5.74, 6) is 1.03. The molecule has 0 spiro atoms. The summed E-state index contributed by atoms with van der Waals surface area (Å²) in [6.45, 7) is 9.70. The van der Waals surface area contributed by atoms with E-state index in [1.54, 1.807) is 0 Å². The third kappa shape index (κ3) is 2.71. The summed E-state index contributed by atoms with van der Waals surface area (Å²) in [7, 11) is 0. The van der Waals surface area contributed by atoms with Crippen LogP contribution in [-0.4, -0.2) is 36.6 Å². The second kappa shape index (κ2) is 4.19. The molecule has 0 bridgehead atoms. The molecule has 2 fully saturated rings. The fourth-order valence-electron chi connectivity index (χ4n) is 2.56. The van der Waals surface area contributed by atoms with Gasteiger partial charge < -0.3 is 10.2 Å². The maximum atomic E-state index is 3.65. The average molecular weight is 196 g/mol. The first kappa shape index (κ1) is 10.4. The molecule has 1 aliphatic carbocycles. The minimum atomic E-state index is 0.408. The molecule has 2 nitrogen and oxygen atoms in total. The summed E-state index contributed by atoms with van der Waals surface area (Å²) in [5, 5.41) is 3.65. The highest BCUT2D eigenvalue weighted by Gasteiger charge is 2.31. The molecule has 1 heterocycles. The van der Waals surface area contributed by atoms with E-state index in [0.717, 1.165) is 5.92 Å². The zero-order chi connectivity index (χ0) is 10.0. The molecule has 0 aromatic heterocycles. The van der Waals surface area contributed by atoms with Crippen LogP contribution in [0.15, 0.2) is 0 Å². The van der Waals surface area contributed by atoms with Gasteiger partial charge in [0.05, 0.1) is 0 Å². The average Bonchev–Trinajstić information content (AvgIpc) is 2.87. The zero-order valence-corrected chi connectivity index (χ0v) is 9.68. The normalized spacial score (nSPS) is 32.8. The van der Waals surface area contributed by atoms with Gasteiger partial charge in [0.1, 0.15) is 0 Å². The summed E-state index contributed by atoms with van der Waals surface area (Å²) < 4.78 is 0. The van der Waals surface area contributed by atoms with E-state index in [4.69, 9.17) is 0 Å². The van der Waals surface area contributed by atoms with Gasteiger partial charge in [-0.2, -0.15) is 0 Å². The van der Waals surface area contributed by atoms with Gasteiger partial charge in [0.25, 0.3) is 0 Å². The molecule has 1 saturated heterocycles. The van der Waals surface area contributed by atoms with Crippen LogP contribution in [0.25, 0.3) is 0 Å². The molecule has 2 aliphatic rings. The SMILES string of the molecule is CCN(CC1CC1)CC1(C)CCCN1. The summed E-state index contributed by atoms with van der Waals surface area (Å²) >= 11 is 0. The highest BCUT2D eigenvalue weighted by Crippen LogP contribution is 2.30. The smallest absolute Gasteiger partial charge is 0.0280 e. The van der Waals surface area contributed by atoms with Crippen LogP contribution >= 0.6 is 0 Å². The van der Waals surface area contributed by atoms with Gasteiger partial charge in [-0.3, -0.25) is 0 Å². The van der Waals surface area contributed by atoms with Crippen LogP contribution in [0.2, 0.25) is 0 Å². The maximum Gasteiger partial charge on any atom is 0.0280 e. The lowest BCUT2D eigenvalue weighted by atomic mass is 9.99. The fourth-order valence-corrected chi connectivity index (χ4v) is 2.56. The van der Waals surface area contributed by atoms with Crippen molar-refractivity contribution in [3.05, 3.63) is 0 Å². The molecule has 14 heavy (non-hydrogen) atoms. The fraction of sp³-hybridized carbons (Fsp3) is 1.00. The minimum absolute atomic E-state index is 0.408.